The molecule has 2 rings (SSSR count). The second kappa shape index (κ2) is 3.38. The van der Waals surface area contributed by atoms with Crippen LogP contribution < -0.4 is 5.73 Å². The van der Waals surface area contributed by atoms with Gasteiger partial charge >= 0.3 is 0 Å². The van der Waals surface area contributed by atoms with Gasteiger partial charge in [-0.3, -0.25) is 0 Å². The molecule has 1 aromatic rings. The van der Waals surface area contributed by atoms with Crippen molar-refractivity contribution in [2.75, 3.05) is 18.9 Å². The first kappa shape index (κ1) is 8.57. The number of hydrogen-bond acceptors (Lipinski definition) is 2. The van der Waals surface area contributed by atoms with Crippen molar-refractivity contribution in [1.82, 2.24) is 0 Å². The number of ether oxygens (including phenoxy) is 1. The van der Waals surface area contributed by atoms with E-state index in [1.807, 2.05) is 6.07 Å². The molecule has 2 nitrogen and oxygen atoms in total. The molecule has 1 atom stereocenters. The summed E-state index contributed by atoms with van der Waals surface area (Å²) in [6.07, 6.45) is 1.13. The van der Waals surface area contributed by atoms with Gasteiger partial charge in [0, 0.05) is 18.2 Å². The maximum atomic E-state index is 5.75. The van der Waals surface area contributed by atoms with Crippen molar-refractivity contribution in [3.63, 3.8) is 0 Å². The highest BCUT2D eigenvalue weighted by Crippen LogP contribution is 2.28. The maximum Gasteiger partial charge on any atom is 0.0535 e. The number of hydrogen-bond donors (Lipinski definition) is 1. The van der Waals surface area contributed by atoms with Crippen LogP contribution in [0, 0.1) is 6.92 Å². The van der Waals surface area contributed by atoms with Crippen molar-refractivity contribution in [3.05, 3.63) is 29.3 Å². The van der Waals surface area contributed by atoms with Gasteiger partial charge in [0.05, 0.1) is 6.61 Å². The van der Waals surface area contributed by atoms with Crippen LogP contribution in [0.2, 0.25) is 0 Å². The fourth-order valence-electron chi connectivity index (χ4n) is 1.88. The second-order valence-electron chi connectivity index (χ2n) is 3.68. The number of anilines is 1. The highest BCUT2D eigenvalue weighted by atomic mass is 16.5. The second-order valence-corrected chi connectivity index (χ2v) is 3.68. The Bertz CT molecular complexity index is 303. The third-order valence-corrected chi connectivity index (χ3v) is 2.67. The molecule has 13 heavy (non-hydrogen) atoms. The number of benzene rings is 1. The summed E-state index contributed by atoms with van der Waals surface area (Å²) in [5.41, 5.74) is 9.29. The van der Waals surface area contributed by atoms with Gasteiger partial charge in [0.15, 0.2) is 0 Å². The number of rotatable bonds is 1. The Morgan fingerprint density at radius 1 is 1.46 bits per heavy atom. The van der Waals surface area contributed by atoms with E-state index in [-0.39, 0.29) is 0 Å². The van der Waals surface area contributed by atoms with Gasteiger partial charge in [0.25, 0.3) is 0 Å². The maximum absolute atomic E-state index is 5.75. The molecule has 0 amide bonds. The molecule has 0 bridgehead atoms. The Hall–Kier alpha value is -1.02. The lowest BCUT2D eigenvalue weighted by molar-refractivity contribution is 0.194. The van der Waals surface area contributed by atoms with Crippen LogP contribution in [-0.4, -0.2) is 13.2 Å². The third-order valence-electron chi connectivity index (χ3n) is 2.67. The lowest BCUT2D eigenvalue weighted by Gasteiger charge is -2.11. The van der Waals surface area contributed by atoms with Crippen molar-refractivity contribution in [2.24, 2.45) is 0 Å². The highest BCUT2D eigenvalue weighted by Gasteiger charge is 2.19. The van der Waals surface area contributed by atoms with E-state index in [4.69, 9.17) is 10.5 Å². The zero-order valence-electron chi connectivity index (χ0n) is 7.92. The summed E-state index contributed by atoms with van der Waals surface area (Å²) in [5, 5.41) is 0. The molecule has 0 aromatic heterocycles. The summed E-state index contributed by atoms with van der Waals surface area (Å²) < 4.78 is 5.37. The van der Waals surface area contributed by atoms with Crippen LogP contribution in [-0.2, 0) is 4.74 Å². The topological polar surface area (TPSA) is 35.2 Å². The molecule has 1 heterocycles. The average Bonchev–Trinajstić information content (AvgIpc) is 2.61. The molecule has 1 unspecified atom stereocenters. The van der Waals surface area contributed by atoms with Crippen LogP contribution in [0.3, 0.4) is 0 Å². The standard InChI is InChI=1S/C11H15NO/c1-8-2-3-10(12)6-11(8)9-4-5-13-7-9/h2-3,6,9H,4-5,7,12H2,1H3. The van der Waals surface area contributed by atoms with Gasteiger partial charge < -0.3 is 10.5 Å². The van der Waals surface area contributed by atoms with Crippen LogP contribution in [0.5, 0.6) is 0 Å². The largest absolute Gasteiger partial charge is 0.399 e. The Balaban J connectivity index is 2.32. The van der Waals surface area contributed by atoms with Gasteiger partial charge in [-0.15, -0.1) is 0 Å². The van der Waals surface area contributed by atoms with E-state index in [0.29, 0.717) is 5.92 Å². The van der Waals surface area contributed by atoms with E-state index in [1.165, 1.54) is 11.1 Å². The number of aryl methyl sites for hydroxylation is 1. The van der Waals surface area contributed by atoms with Crippen molar-refractivity contribution in [3.8, 4) is 0 Å². The summed E-state index contributed by atoms with van der Waals surface area (Å²) in [4.78, 5) is 0. The van der Waals surface area contributed by atoms with Gasteiger partial charge in [0.2, 0.25) is 0 Å². The molecule has 0 radical (unpaired) electrons. The Labute approximate surface area is 78.7 Å². The quantitative estimate of drug-likeness (QED) is 0.666. The third kappa shape index (κ3) is 1.68. The molecule has 2 heteroatoms. The fraction of sp³-hybridized carbons (Fsp3) is 0.455. The normalized spacial score (nSPS) is 22.1. The van der Waals surface area contributed by atoms with E-state index < -0.39 is 0 Å². The SMILES string of the molecule is Cc1ccc(N)cc1C1CCOC1. The first-order valence-corrected chi connectivity index (χ1v) is 4.71. The predicted octanol–water partition coefficient (Wildman–Crippen LogP) is 2.08. The van der Waals surface area contributed by atoms with Crippen molar-refractivity contribution < 1.29 is 4.74 Å². The zero-order chi connectivity index (χ0) is 9.26. The predicted molar refractivity (Wildman–Crippen MR) is 53.8 cm³/mol. The van der Waals surface area contributed by atoms with Crippen LogP contribution >= 0.6 is 0 Å². The molecule has 1 aromatic carbocycles. The van der Waals surface area contributed by atoms with Crippen molar-refractivity contribution in [2.45, 2.75) is 19.3 Å². The average molecular weight is 177 g/mol. The molecular formula is C11H15NO. The van der Waals surface area contributed by atoms with Crippen LogP contribution in [0.4, 0.5) is 5.69 Å². The molecule has 1 saturated heterocycles. The molecular weight excluding hydrogens is 162 g/mol. The Morgan fingerprint density at radius 2 is 2.31 bits per heavy atom. The smallest absolute Gasteiger partial charge is 0.0535 e. The molecule has 1 aliphatic heterocycles. The monoisotopic (exact) mass is 177 g/mol. The minimum Gasteiger partial charge on any atom is -0.399 e. The van der Waals surface area contributed by atoms with Gasteiger partial charge in [-0.2, -0.15) is 0 Å². The van der Waals surface area contributed by atoms with Crippen LogP contribution in [0.25, 0.3) is 0 Å². The van der Waals surface area contributed by atoms with Crippen molar-refractivity contribution in [1.29, 1.82) is 0 Å². The van der Waals surface area contributed by atoms with E-state index in [2.05, 4.69) is 19.1 Å². The minimum atomic E-state index is 0.559. The lowest BCUT2D eigenvalue weighted by atomic mass is 9.94. The van der Waals surface area contributed by atoms with E-state index in [1.54, 1.807) is 0 Å². The summed E-state index contributed by atoms with van der Waals surface area (Å²) in [5.74, 6) is 0.559. The van der Waals surface area contributed by atoms with E-state index in [0.717, 1.165) is 25.3 Å². The molecule has 0 spiro atoms. The lowest BCUT2D eigenvalue weighted by Crippen LogP contribution is -2.01. The van der Waals surface area contributed by atoms with Gasteiger partial charge in [-0.05, 0) is 36.6 Å². The molecule has 0 saturated carbocycles. The van der Waals surface area contributed by atoms with Gasteiger partial charge in [0.1, 0.15) is 0 Å². The Kier molecular flexibility index (Phi) is 2.23. The molecule has 0 aliphatic carbocycles. The summed E-state index contributed by atoms with van der Waals surface area (Å²) in [6, 6.07) is 6.12. The fourth-order valence-corrected chi connectivity index (χ4v) is 1.88. The van der Waals surface area contributed by atoms with Crippen LogP contribution in [0.1, 0.15) is 23.5 Å². The van der Waals surface area contributed by atoms with Gasteiger partial charge in [-0.1, -0.05) is 6.07 Å². The molecule has 1 aliphatic rings. The first-order chi connectivity index (χ1) is 6.27. The molecule has 70 valence electrons. The van der Waals surface area contributed by atoms with Crippen molar-refractivity contribution >= 4 is 5.69 Å². The molecule has 2 N–H and O–H groups in total. The zero-order valence-corrected chi connectivity index (χ0v) is 7.92. The summed E-state index contributed by atoms with van der Waals surface area (Å²) in [7, 11) is 0. The van der Waals surface area contributed by atoms with E-state index in [9.17, 15) is 0 Å². The minimum absolute atomic E-state index is 0.559. The number of nitrogen functional groups attached to an aromatic ring is 1. The van der Waals surface area contributed by atoms with Crippen LogP contribution in [0.15, 0.2) is 18.2 Å². The Morgan fingerprint density at radius 3 is 3.00 bits per heavy atom. The summed E-state index contributed by atoms with van der Waals surface area (Å²) >= 11 is 0. The highest BCUT2D eigenvalue weighted by molar-refractivity contribution is 5.45. The van der Waals surface area contributed by atoms with E-state index >= 15 is 0 Å². The summed E-state index contributed by atoms with van der Waals surface area (Å²) in [6.45, 7) is 3.87. The number of nitrogens with two attached hydrogens (primary N) is 1. The first-order valence-electron chi connectivity index (χ1n) is 4.71. The molecule has 1 fully saturated rings. The van der Waals surface area contributed by atoms with Gasteiger partial charge in [-0.25, -0.2) is 0 Å².